The molecule has 1 atom stereocenters. The number of hydrogen-bond donors (Lipinski definition) is 1. The highest BCUT2D eigenvalue weighted by Crippen LogP contribution is 2.18. The lowest BCUT2D eigenvalue weighted by molar-refractivity contribution is 0.00649. The SMILES string of the molecule is C[C@@H](NCCN(C(=O)OC(C)(C)C)C(C)(C)C)c1ccncc1. The van der Waals surface area contributed by atoms with Crippen LogP contribution in [0, 0.1) is 0 Å². The second-order valence-electron chi connectivity index (χ2n) is 7.76. The van der Waals surface area contributed by atoms with Crippen molar-refractivity contribution in [2.75, 3.05) is 13.1 Å². The normalized spacial score (nSPS) is 13.5. The lowest BCUT2D eigenvalue weighted by Gasteiger charge is -2.37. The van der Waals surface area contributed by atoms with Gasteiger partial charge < -0.3 is 15.0 Å². The van der Waals surface area contributed by atoms with Crippen molar-refractivity contribution in [1.29, 1.82) is 0 Å². The van der Waals surface area contributed by atoms with Crippen molar-refractivity contribution in [1.82, 2.24) is 15.2 Å². The zero-order valence-corrected chi connectivity index (χ0v) is 15.5. The lowest BCUT2D eigenvalue weighted by Crippen LogP contribution is -2.50. The molecule has 0 saturated carbocycles. The van der Waals surface area contributed by atoms with Crippen LogP contribution in [0.2, 0.25) is 0 Å². The van der Waals surface area contributed by atoms with Gasteiger partial charge in [-0.05, 0) is 66.2 Å². The van der Waals surface area contributed by atoms with Crippen molar-refractivity contribution >= 4 is 6.09 Å². The molecule has 0 aliphatic rings. The third-order valence-electron chi connectivity index (χ3n) is 3.42. The van der Waals surface area contributed by atoms with Gasteiger partial charge in [-0.3, -0.25) is 4.98 Å². The minimum Gasteiger partial charge on any atom is -0.444 e. The Hall–Kier alpha value is -1.62. The summed E-state index contributed by atoms with van der Waals surface area (Å²) >= 11 is 0. The fourth-order valence-electron chi connectivity index (χ4n) is 2.18. The molecule has 0 aliphatic carbocycles. The summed E-state index contributed by atoms with van der Waals surface area (Å²) in [5.74, 6) is 0. The van der Waals surface area contributed by atoms with Gasteiger partial charge in [0.25, 0.3) is 0 Å². The highest BCUT2D eigenvalue weighted by Gasteiger charge is 2.30. The molecule has 5 heteroatoms. The van der Waals surface area contributed by atoms with Crippen molar-refractivity contribution in [2.24, 2.45) is 0 Å². The third-order valence-corrected chi connectivity index (χ3v) is 3.42. The number of aromatic nitrogens is 1. The first kappa shape index (κ1) is 19.4. The number of pyridine rings is 1. The maximum absolute atomic E-state index is 12.4. The zero-order chi connectivity index (χ0) is 17.7. The van der Waals surface area contributed by atoms with Crippen molar-refractivity contribution in [2.45, 2.75) is 65.6 Å². The average molecular weight is 321 g/mol. The number of carbonyl (C=O) groups is 1. The number of nitrogens with one attached hydrogen (secondary N) is 1. The predicted molar refractivity (Wildman–Crippen MR) is 93.3 cm³/mol. The molecule has 1 aromatic rings. The van der Waals surface area contributed by atoms with Crippen LogP contribution >= 0.6 is 0 Å². The van der Waals surface area contributed by atoms with Crippen LogP contribution in [-0.2, 0) is 4.74 Å². The van der Waals surface area contributed by atoms with E-state index in [9.17, 15) is 4.79 Å². The molecule has 1 N–H and O–H groups in total. The fraction of sp³-hybridized carbons (Fsp3) is 0.667. The van der Waals surface area contributed by atoms with Crippen molar-refractivity contribution in [3.63, 3.8) is 0 Å². The van der Waals surface area contributed by atoms with Crippen LogP contribution < -0.4 is 5.32 Å². The average Bonchev–Trinajstić information content (AvgIpc) is 2.40. The number of hydrogen-bond acceptors (Lipinski definition) is 4. The smallest absolute Gasteiger partial charge is 0.410 e. The van der Waals surface area contributed by atoms with E-state index >= 15 is 0 Å². The van der Waals surface area contributed by atoms with Crippen molar-refractivity contribution < 1.29 is 9.53 Å². The Bertz CT molecular complexity index is 489. The number of ether oxygens (including phenoxy) is 1. The van der Waals surface area contributed by atoms with E-state index in [1.807, 2.05) is 53.7 Å². The molecule has 0 aliphatic heterocycles. The van der Waals surface area contributed by atoms with E-state index < -0.39 is 5.60 Å². The molecule has 5 nitrogen and oxygen atoms in total. The topological polar surface area (TPSA) is 54.5 Å². The largest absolute Gasteiger partial charge is 0.444 e. The summed E-state index contributed by atoms with van der Waals surface area (Å²) in [6.45, 7) is 15.1. The monoisotopic (exact) mass is 321 g/mol. The van der Waals surface area contributed by atoms with Gasteiger partial charge in [0, 0.05) is 37.1 Å². The Kier molecular flexibility index (Phi) is 6.57. The molecule has 0 fully saturated rings. The molecule has 1 rings (SSSR count). The van der Waals surface area contributed by atoms with Crippen LogP contribution in [0.15, 0.2) is 24.5 Å². The zero-order valence-electron chi connectivity index (χ0n) is 15.5. The summed E-state index contributed by atoms with van der Waals surface area (Å²) in [5.41, 5.74) is 0.405. The van der Waals surface area contributed by atoms with Gasteiger partial charge in [-0.15, -0.1) is 0 Å². The van der Waals surface area contributed by atoms with Gasteiger partial charge in [0.1, 0.15) is 5.60 Å². The molecule has 0 radical (unpaired) electrons. The molecular weight excluding hydrogens is 290 g/mol. The first-order valence-corrected chi connectivity index (χ1v) is 8.14. The lowest BCUT2D eigenvalue weighted by atomic mass is 10.1. The van der Waals surface area contributed by atoms with Gasteiger partial charge in [0.15, 0.2) is 0 Å². The summed E-state index contributed by atoms with van der Waals surface area (Å²) in [5, 5.41) is 3.44. The van der Waals surface area contributed by atoms with Crippen LogP contribution in [0.3, 0.4) is 0 Å². The van der Waals surface area contributed by atoms with Crippen LogP contribution in [0.4, 0.5) is 4.79 Å². The summed E-state index contributed by atoms with van der Waals surface area (Å²) in [4.78, 5) is 18.2. The first-order chi connectivity index (χ1) is 10.5. The van der Waals surface area contributed by atoms with Crippen LogP contribution in [0.25, 0.3) is 0 Å². The molecule has 1 heterocycles. The molecule has 0 spiro atoms. The van der Waals surface area contributed by atoms with Crippen molar-refractivity contribution in [3.8, 4) is 0 Å². The molecule has 1 amide bonds. The Labute approximate surface area is 140 Å². The maximum atomic E-state index is 12.4. The van der Waals surface area contributed by atoms with Gasteiger partial charge in [-0.25, -0.2) is 4.79 Å². The molecule has 0 unspecified atom stereocenters. The van der Waals surface area contributed by atoms with E-state index in [-0.39, 0.29) is 17.7 Å². The molecule has 0 saturated heterocycles. The summed E-state index contributed by atoms with van der Waals surface area (Å²) in [6, 6.07) is 4.19. The van der Waals surface area contributed by atoms with Crippen molar-refractivity contribution in [3.05, 3.63) is 30.1 Å². The first-order valence-electron chi connectivity index (χ1n) is 8.14. The van der Waals surface area contributed by atoms with E-state index in [0.29, 0.717) is 13.1 Å². The molecular formula is C18H31N3O2. The number of amides is 1. The molecule has 1 aromatic heterocycles. The van der Waals surface area contributed by atoms with Gasteiger partial charge in [0.05, 0.1) is 0 Å². The van der Waals surface area contributed by atoms with E-state index in [4.69, 9.17) is 4.74 Å². The number of nitrogens with zero attached hydrogens (tertiary/aromatic N) is 2. The second kappa shape index (κ2) is 7.77. The number of carbonyl (C=O) groups excluding carboxylic acids is 1. The minimum atomic E-state index is -0.488. The fourth-order valence-corrected chi connectivity index (χ4v) is 2.18. The number of rotatable bonds is 5. The maximum Gasteiger partial charge on any atom is 0.410 e. The van der Waals surface area contributed by atoms with Gasteiger partial charge >= 0.3 is 6.09 Å². The highest BCUT2D eigenvalue weighted by atomic mass is 16.6. The highest BCUT2D eigenvalue weighted by molar-refractivity contribution is 5.69. The van der Waals surface area contributed by atoms with Gasteiger partial charge in [0.2, 0.25) is 0 Å². The Balaban J connectivity index is 2.60. The standard InChI is InChI=1S/C18H31N3O2/c1-14(15-8-10-19-11-9-15)20-12-13-21(17(2,3)4)16(22)23-18(5,6)7/h8-11,14,20H,12-13H2,1-7H3/t14-/m1/s1. The Morgan fingerprint density at radius 1 is 1.22 bits per heavy atom. The van der Waals surface area contributed by atoms with Gasteiger partial charge in [-0.1, -0.05) is 0 Å². The third kappa shape index (κ3) is 6.99. The van der Waals surface area contributed by atoms with E-state index in [2.05, 4.69) is 17.2 Å². The van der Waals surface area contributed by atoms with E-state index in [1.54, 1.807) is 17.3 Å². The predicted octanol–water partition coefficient (Wildman–Crippen LogP) is 3.77. The molecule has 0 bridgehead atoms. The molecule has 0 aromatic carbocycles. The Morgan fingerprint density at radius 3 is 2.26 bits per heavy atom. The van der Waals surface area contributed by atoms with Gasteiger partial charge in [-0.2, -0.15) is 0 Å². The minimum absolute atomic E-state index is 0.207. The van der Waals surface area contributed by atoms with Crippen LogP contribution in [0.5, 0.6) is 0 Å². The van der Waals surface area contributed by atoms with E-state index in [1.165, 1.54) is 5.56 Å². The summed E-state index contributed by atoms with van der Waals surface area (Å²) in [6.07, 6.45) is 3.30. The van der Waals surface area contributed by atoms with Crippen LogP contribution in [0.1, 0.15) is 60.1 Å². The quantitative estimate of drug-likeness (QED) is 0.897. The summed E-state index contributed by atoms with van der Waals surface area (Å²) in [7, 11) is 0. The Morgan fingerprint density at radius 2 is 1.78 bits per heavy atom. The van der Waals surface area contributed by atoms with E-state index in [0.717, 1.165) is 0 Å². The second-order valence-corrected chi connectivity index (χ2v) is 7.76. The molecule has 23 heavy (non-hydrogen) atoms. The molecule has 130 valence electrons. The summed E-state index contributed by atoms with van der Waals surface area (Å²) < 4.78 is 5.52. The van der Waals surface area contributed by atoms with Crippen LogP contribution in [-0.4, -0.2) is 40.2 Å².